The Morgan fingerprint density at radius 1 is 1.27 bits per heavy atom. The first kappa shape index (κ1) is 17.0. The molecule has 0 saturated carbocycles. The normalized spacial score (nSPS) is 29.3. The maximum atomic E-state index is 12.7. The average Bonchev–Trinajstić information content (AvgIpc) is 2.83. The van der Waals surface area contributed by atoms with Crippen LogP contribution in [0.2, 0.25) is 0 Å². The average molecular weight is 323 g/mol. The number of halogens is 3. The molecule has 0 aromatic carbocycles. The predicted molar refractivity (Wildman–Crippen MR) is 71.0 cm³/mol. The van der Waals surface area contributed by atoms with Crippen LogP contribution in [0.15, 0.2) is 0 Å². The Balaban J connectivity index is 1.81. The van der Waals surface area contributed by atoms with Crippen molar-refractivity contribution in [2.24, 2.45) is 0 Å². The Bertz CT molecular complexity index is 481. The van der Waals surface area contributed by atoms with Crippen LogP contribution in [-0.4, -0.2) is 70.3 Å². The minimum absolute atomic E-state index is 0.141. The lowest BCUT2D eigenvalue weighted by molar-refractivity contribution is -0.253. The van der Waals surface area contributed by atoms with Crippen LogP contribution in [-0.2, 0) is 4.79 Å². The summed E-state index contributed by atoms with van der Waals surface area (Å²) in [5.74, 6) is -0.342. The van der Waals surface area contributed by atoms with E-state index in [2.05, 4.69) is 5.32 Å². The number of imide groups is 1. The second-order valence-corrected chi connectivity index (χ2v) is 6.42. The van der Waals surface area contributed by atoms with Crippen molar-refractivity contribution < 1.29 is 27.9 Å². The third kappa shape index (κ3) is 3.05. The highest BCUT2D eigenvalue weighted by Crippen LogP contribution is 2.37. The number of amides is 3. The second kappa shape index (κ2) is 5.38. The summed E-state index contributed by atoms with van der Waals surface area (Å²) < 4.78 is 38.1. The smallest absolute Gasteiger partial charge is 0.379 e. The minimum Gasteiger partial charge on any atom is -0.379 e. The summed E-state index contributed by atoms with van der Waals surface area (Å²) in [5.41, 5.74) is -3.60. The van der Waals surface area contributed by atoms with Crippen LogP contribution in [0.1, 0.15) is 26.7 Å². The SMILES string of the molecule is CC1(C)NC(=O)N(CCCN2CCC(O)(C(F)(F)F)C2)C1=O. The Morgan fingerprint density at radius 3 is 2.36 bits per heavy atom. The molecule has 2 rings (SSSR count). The standard InChI is InChI=1S/C13H20F3N3O3/c1-11(2)9(20)19(10(21)17-11)6-3-5-18-7-4-12(22,8-18)13(14,15)16/h22H,3-8H2,1-2H3,(H,17,21). The van der Waals surface area contributed by atoms with Gasteiger partial charge in [0.1, 0.15) is 5.54 Å². The summed E-state index contributed by atoms with van der Waals surface area (Å²) in [6, 6.07) is -0.483. The molecule has 0 spiro atoms. The van der Waals surface area contributed by atoms with Gasteiger partial charge in [-0.2, -0.15) is 13.2 Å². The van der Waals surface area contributed by atoms with Crippen molar-refractivity contribution in [1.29, 1.82) is 0 Å². The van der Waals surface area contributed by atoms with E-state index < -0.39 is 29.9 Å². The van der Waals surface area contributed by atoms with Gasteiger partial charge in [0.15, 0.2) is 5.60 Å². The number of hydrogen-bond donors (Lipinski definition) is 2. The molecule has 2 saturated heterocycles. The molecule has 1 unspecified atom stereocenters. The van der Waals surface area contributed by atoms with Gasteiger partial charge in [0.05, 0.1) is 0 Å². The lowest BCUT2D eigenvalue weighted by atomic mass is 10.0. The quantitative estimate of drug-likeness (QED) is 0.747. The number of rotatable bonds is 4. The van der Waals surface area contributed by atoms with E-state index in [1.807, 2.05) is 0 Å². The van der Waals surface area contributed by atoms with Crippen LogP contribution in [0.25, 0.3) is 0 Å². The molecule has 2 heterocycles. The second-order valence-electron chi connectivity index (χ2n) is 6.42. The Labute approximate surface area is 126 Å². The molecule has 126 valence electrons. The van der Waals surface area contributed by atoms with Gasteiger partial charge in [-0.3, -0.25) is 14.6 Å². The predicted octanol–water partition coefficient (Wildman–Crippen LogP) is 0.706. The van der Waals surface area contributed by atoms with Gasteiger partial charge in [0.2, 0.25) is 0 Å². The molecular weight excluding hydrogens is 303 g/mol. The monoisotopic (exact) mass is 323 g/mol. The molecule has 0 bridgehead atoms. The summed E-state index contributed by atoms with van der Waals surface area (Å²) in [4.78, 5) is 26.2. The molecule has 0 aromatic rings. The fraction of sp³-hybridized carbons (Fsp3) is 0.846. The number of urea groups is 1. The van der Waals surface area contributed by atoms with Crippen molar-refractivity contribution in [3.63, 3.8) is 0 Å². The number of carbonyl (C=O) groups is 2. The van der Waals surface area contributed by atoms with Crippen LogP contribution < -0.4 is 5.32 Å². The summed E-state index contributed by atoms with van der Waals surface area (Å²) in [6.07, 6.45) is -4.63. The number of β-amino-alcohol motifs (C(OH)–C–C–N with tert-alkyl or cyclic N) is 1. The van der Waals surface area contributed by atoms with Crippen molar-refractivity contribution >= 4 is 11.9 Å². The fourth-order valence-electron chi connectivity index (χ4n) is 2.77. The van der Waals surface area contributed by atoms with Crippen molar-refractivity contribution in [2.45, 2.75) is 44.0 Å². The molecule has 0 aromatic heterocycles. The lowest BCUT2D eigenvalue weighted by Crippen LogP contribution is -2.47. The van der Waals surface area contributed by atoms with Crippen LogP contribution >= 0.6 is 0 Å². The van der Waals surface area contributed by atoms with Crippen LogP contribution in [0.5, 0.6) is 0 Å². The van der Waals surface area contributed by atoms with E-state index in [0.717, 1.165) is 4.90 Å². The third-order valence-electron chi connectivity index (χ3n) is 4.15. The van der Waals surface area contributed by atoms with Gasteiger partial charge in [0, 0.05) is 19.6 Å². The maximum Gasteiger partial charge on any atom is 0.418 e. The van der Waals surface area contributed by atoms with Gasteiger partial charge in [-0.05, 0) is 33.2 Å². The van der Waals surface area contributed by atoms with Crippen molar-refractivity contribution in [2.75, 3.05) is 26.2 Å². The van der Waals surface area contributed by atoms with Crippen molar-refractivity contribution in [3.8, 4) is 0 Å². The molecule has 0 radical (unpaired) electrons. The summed E-state index contributed by atoms with van der Waals surface area (Å²) in [5, 5.41) is 12.1. The van der Waals surface area contributed by atoms with Crippen LogP contribution in [0.3, 0.4) is 0 Å². The molecule has 9 heteroatoms. The van der Waals surface area contributed by atoms with E-state index in [1.165, 1.54) is 4.90 Å². The van der Waals surface area contributed by atoms with Gasteiger partial charge in [-0.25, -0.2) is 4.79 Å². The van der Waals surface area contributed by atoms with Crippen LogP contribution in [0.4, 0.5) is 18.0 Å². The molecule has 22 heavy (non-hydrogen) atoms. The zero-order chi connectivity index (χ0) is 16.8. The molecule has 2 aliphatic heterocycles. The summed E-state index contributed by atoms with van der Waals surface area (Å²) in [6.45, 7) is 3.29. The molecule has 0 aliphatic carbocycles. The van der Waals surface area contributed by atoms with E-state index in [4.69, 9.17) is 0 Å². The zero-order valence-electron chi connectivity index (χ0n) is 12.5. The summed E-state index contributed by atoms with van der Waals surface area (Å²) in [7, 11) is 0. The number of likely N-dealkylation sites (tertiary alicyclic amines) is 1. The molecule has 2 aliphatic rings. The zero-order valence-corrected chi connectivity index (χ0v) is 12.5. The number of alkyl halides is 3. The summed E-state index contributed by atoms with van der Waals surface area (Å²) >= 11 is 0. The number of carbonyl (C=O) groups excluding carboxylic acids is 2. The Kier molecular flexibility index (Phi) is 4.16. The Hall–Kier alpha value is -1.35. The molecule has 6 nitrogen and oxygen atoms in total. The van der Waals surface area contributed by atoms with Gasteiger partial charge >= 0.3 is 12.2 Å². The molecule has 3 amide bonds. The Morgan fingerprint density at radius 2 is 1.91 bits per heavy atom. The number of nitrogens with zero attached hydrogens (tertiary/aromatic N) is 2. The number of nitrogens with one attached hydrogen (secondary N) is 1. The highest BCUT2D eigenvalue weighted by atomic mass is 19.4. The number of aliphatic hydroxyl groups is 1. The highest BCUT2D eigenvalue weighted by molar-refractivity contribution is 6.06. The van der Waals surface area contributed by atoms with Crippen molar-refractivity contribution in [1.82, 2.24) is 15.1 Å². The molecule has 2 fully saturated rings. The largest absolute Gasteiger partial charge is 0.418 e. The first-order valence-electron chi connectivity index (χ1n) is 7.12. The van der Waals surface area contributed by atoms with Crippen LogP contribution in [0, 0.1) is 0 Å². The van der Waals surface area contributed by atoms with E-state index in [9.17, 15) is 27.9 Å². The molecular formula is C13H20F3N3O3. The van der Waals surface area contributed by atoms with Crippen molar-refractivity contribution in [3.05, 3.63) is 0 Å². The van der Waals surface area contributed by atoms with Gasteiger partial charge in [-0.1, -0.05) is 0 Å². The minimum atomic E-state index is -4.64. The van der Waals surface area contributed by atoms with Gasteiger partial charge in [-0.15, -0.1) is 0 Å². The van der Waals surface area contributed by atoms with E-state index >= 15 is 0 Å². The lowest BCUT2D eigenvalue weighted by Gasteiger charge is -2.26. The first-order valence-corrected chi connectivity index (χ1v) is 7.12. The van der Waals surface area contributed by atoms with E-state index in [0.29, 0.717) is 6.42 Å². The van der Waals surface area contributed by atoms with E-state index in [-0.39, 0.29) is 32.0 Å². The third-order valence-corrected chi connectivity index (χ3v) is 4.15. The van der Waals surface area contributed by atoms with Gasteiger partial charge < -0.3 is 10.4 Å². The topological polar surface area (TPSA) is 72.9 Å². The molecule has 2 N–H and O–H groups in total. The van der Waals surface area contributed by atoms with E-state index in [1.54, 1.807) is 13.8 Å². The highest BCUT2D eigenvalue weighted by Gasteiger charge is 2.56. The first-order chi connectivity index (χ1) is 9.96. The molecule has 1 atom stereocenters. The number of hydrogen-bond acceptors (Lipinski definition) is 4. The van der Waals surface area contributed by atoms with Gasteiger partial charge in [0.25, 0.3) is 5.91 Å². The fourth-order valence-corrected chi connectivity index (χ4v) is 2.77. The maximum absolute atomic E-state index is 12.7.